The molecule has 0 aliphatic rings. The maximum Gasteiger partial charge on any atom is 0.308 e. The molecule has 9 heteroatoms. The Bertz CT molecular complexity index is 1140. The summed E-state index contributed by atoms with van der Waals surface area (Å²) in [4.78, 5) is 27.6. The standard InChI is InChI=1S/C24H21ClN2O5.ClH/c1-16(28)32-22-14-17(6-8-20(22)30-2)7-9-23(29)27-19-4-3-5-21(24(19)25)31-15-18-10-12-26-13-11-18;/h3-14H,15H2,1-2H3,(H,27,29);1H/b9-7-;. The third-order valence-corrected chi connectivity index (χ3v) is 4.62. The molecule has 172 valence electrons. The number of hydrogen-bond donors (Lipinski definition) is 1. The van der Waals surface area contributed by atoms with Gasteiger partial charge in [0.2, 0.25) is 5.91 Å². The van der Waals surface area contributed by atoms with Crippen molar-refractivity contribution in [2.24, 2.45) is 0 Å². The Morgan fingerprint density at radius 1 is 1.06 bits per heavy atom. The van der Waals surface area contributed by atoms with Crippen LogP contribution in [0.25, 0.3) is 6.08 Å². The highest BCUT2D eigenvalue weighted by Crippen LogP contribution is 2.33. The minimum atomic E-state index is -0.470. The van der Waals surface area contributed by atoms with Crippen LogP contribution in [0.3, 0.4) is 0 Å². The van der Waals surface area contributed by atoms with Gasteiger partial charge in [-0.1, -0.05) is 23.7 Å². The third-order valence-electron chi connectivity index (χ3n) is 4.23. The quantitative estimate of drug-likeness (QED) is 0.262. The van der Waals surface area contributed by atoms with E-state index in [0.717, 1.165) is 5.56 Å². The number of carbonyl (C=O) groups is 2. The predicted molar refractivity (Wildman–Crippen MR) is 129 cm³/mol. The molecule has 0 aliphatic carbocycles. The van der Waals surface area contributed by atoms with Gasteiger partial charge in [0, 0.05) is 25.4 Å². The molecule has 2 aromatic carbocycles. The summed E-state index contributed by atoms with van der Waals surface area (Å²) >= 11 is 6.40. The molecule has 33 heavy (non-hydrogen) atoms. The molecule has 3 aromatic rings. The van der Waals surface area contributed by atoms with E-state index in [9.17, 15) is 9.59 Å². The van der Waals surface area contributed by atoms with Gasteiger partial charge >= 0.3 is 5.97 Å². The number of ether oxygens (including phenoxy) is 3. The normalized spacial score (nSPS) is 10.3. The van der Waals surface area contributed by atoms with Gasteiger partial charge in [-0.25, -0.2) is 0 Å². The van der Waals surface area contributed by atoms with E-state index in [0.29, 0.717) is 34.4 Å². The lowest BCUT2D eigenvalue weighted by molar-refractivity contribution is -0.132. The number of halogens is 2. The van der Waals surface area contributed by atoms with E-state index >= 15 is 0 Å². The van der Waals surface area contributed by atoms with Gasteiger partial charge in [0.1, 0.15) is 17.4 Å². The average molecular weight is 489 g/mol. The predicted octanol–water partition coefficient (Wildman–Crippen LogP) is 5.32. The number of rotatable bonds is 8. The largest absolute Gasteiger partial charge is 0.493 e. The summed E-state index contributed by atoms with van der Waals surface area (Å²) in [5, 5.41) is 3.03. The number of aromatic nitrogens is 1. The molecule has 0 spiro atoms. The molecule has 3 rings (SSSR count). The van der Waals surface area contributed by atoms with E-state index in [1.165, 1.54) is 20.1 Å². The van der Waals surface area contributed by atoms with Crippen molar-refractivity contribution in [3.8, 4) is 17.2 Å². The molecule has 0 fully saturated rings. The summed E-state index contributed by atoms with van der Waals surface area (Å²) in [6, 6.07) is 13.8. The second-order valence-corrected chi connectivity index (χ2v) is 6.97. The molecule has 7 nitrogen and oxygen atoms in total. The van der Waals surface area contributed by atoms with E-state index in [-0.39, 0.29) is 24.1 Å². The van der Waals surface area contributed by atoms with Gasteiger partial charge in [-0.3, -0.25) is 14.6 Å². The Kier molecular flexibility index (Phi) is 9.72. The van der Waals surface area contributed by atoms with Crippen molar-refractivity contribution in [1.82, 2.24) is 4.98 Å². The van der Waals surface area contributed by atoms with Gasteiger partial charge in [0.25, 0.3) is 0 Å². The highest BCUT2D eigenvalue weighted by atomic mass is 35.5. The maximum absolute atomic E-state index is 12.4. The molecule has 1 aromatic heterocycles. The number of carbonyl (C=O) groups excluding carboxylic acids is 2. The van der Waals surface area contributed by atoms with Crippen LogP contribution < -0.4 is 19.5 Å². The molecule has 1 N–H and O–H groups in total. The minimum absolute atomic E-state index is 0. The number of hydrogen-bond acceptors (Lipinski definition) is 6. The zero-order valence-electron chi connectivity index (χ0n) is 17.9. The summed E-state index contributed by atoms with van der Waals surface area (Å²) in [6.45, 7) is 1.62. The summed E-state index contributed by atoms with van der Waals surface area (Å²) in [5.74, 6) is 0.277. The van der Waals surface area contributed by atoms with Gasteiger partial charge in [0.15, 0.2) is 11.5 Å². The minimum Gasteiger partial charge on any atom is -0.493 e. The maximum atomic E-state index is 12.4. The fraction of sp³-hybridized carbons (Fsp3) is 0.125. The van der Waals surface area contributed by atoms with Gasteiger partial charge in [0.05, 0.1) is 12.8 Å². The number of esters is 1. The second kappa shape index (κ2) is 12.5. The Morgan fingerprint density at radius 2 is 1.82 bits per heavy atom. The molecule has 0 unspecified atom stereocenters. The van der Waals surface area contributed by atoms with Crippen LogP contribution in [-0.2, 0) is 16.2 Å². The summed E-state index contributed by atoms with van der Waals surface area (Å²) < 4.78 is 16.1. The molecule has 1 amide bonds. The fourth-order valence-electron chi connectivity index (χ4n) is 2.74. The lowest BCUT2D eigenvalue weighted by Crippen LogP contribution is -2.08. The highest BCUT2D eigenvalue weighted by molar-refractivity contribution is 6.35. The number of anilines is 1. The Hall–Kier alpha value is -3.55. The number of methoxy groups -OCH3 is 1. The van der Waals surface area contributed by atoms with Crippen LogP contribution in [0.4, 0.5) is 5.69 Å². The van der Waals surface area contributed by atoms with Crippen molar-refractivity contribution >= 4 is 47.6 Å². The first kappa shape index (κ1) is 25.7. The van der Waals surface area contributed by atoms with Crippen LogP contribution in [0.1, 0.15) is 18.1 Å². The van der Waals surface area contributed by atoms with Crippen LogP contribution in [0.2, 0.25) is 5.02 Å². The Morgan fingerprint density at radius 3 is 2.52 bits per heavy atom. The monoisotopic (exact) mass is 488 g/mol. The third kappa shape index (κ3) is 7.52. The van der Waals surface area contributed by atoms with Crippen LogP contribution >= 0.6 is 24.0 Å². The molecule has 0 atom stereocenters. The van der Waals surface area contributed by atoms with Crippen molar-refractivity contribution < 1.29 is 23.8 Å². The van der Waals surface area contributed by atoms with Crippen LogP contribution in [0.15, 0.2) is 67.0 Å². The summed E-state index contributed by atoms with van der Waals surface area (Å²) in [5.41, 5.74) is 2.02. The van der Waals surface area contributed by atoms with Gasteiger partial charge in [-0.15, -0.1) is 12.4 Å². The number of nitrogens with one attached hydrogen (secondary N) is 1. The summed E-state index contributed by atoms with van der Waals surface area (Å²) in [6.07, 6.45) is 6.29. The topological polar surface area (TPSA) is 86.8 Å². The van der Waals surface area contributed by atoms with Crippen LogP contribution in [0.5, 0.6) is 17.2 Å². The molecular formula is C24H22Cl2N2O5. The number of amides is 1. The Balaban J connectivity index is 0.00000385. The van der Waals surface area contributed by atoms with E-state index in [4.69, 9.17) is 25.8 Å². The highest BCUT2D eigenvalue weighted by Gasteiger charge is 2.10. The zero-order chi connectivity index (χ0) is 22.9. The van der Waals surface area contributed by atoms with Crippen LogP contribution in [-0.4, -0.2) is 24.0 Å². The fourth-order valence-corrected chi connectivity index (χ4v) is 2.96. The lowest BCUT2D eigenvalue weighted by Gasteiger charge is -2.11. The molecule has 0 saturated heterocycles. The van der Waals surface area contributed by atoms with Crippen molar-refractivity contribution in [1.29, 1.82) is 0 Å². The first-order chi connectivity index (χ1) is 15.5. The Labute approximate surface area is 202 Å². The van der Waals surface area contributed by atoms with Crippen LogP contribution in [0, 0.1) is 0 Å². The molecule has 0 saturated carbocycles. The molecule has 1 heterocycles. The van der Waals surface area contributed by atoms with Crippen molar-refractivity contribution in [3.63, 3.8) is 0 Å². The van der Waals surface area contributed by atoms with Crippen molar-refractivity contribution in [3.05, 3.63) is 83.2 Å². The average Bonchev–Trinajstić information content (AvgIpc) is 2.79. The second-order valence-electron chi connectivity index (χ2n) is 6.59. The summed E-state index contributed by atoms with van der Waals surface area (Å²) in [7, 11) is 1.48. The lowest BCUT2D eigenvalue weighted by atomic mass is 10.2. The molecule has 0 bridgehead atoms. The zero-order valence-corrected chi connectivity index (χ0v) is 19.5. The van der Waals surface area contributed by atoms with Crippen molar-refractivity contribution in [2.45, 2.75) is 13.5 Å². The van der Waals surface area contributed by atoms with Gasteiger partial charge in [-0.2, -0.15) is 0 Å². The smallest absolute Gasteiger partial charge is 0.308 e. The molecule has 0 aliphatic heterocycles. The number of nitrogens with zero attached hydrogens (tertiary/aromatic N) is 1. The first-order valence-electron chi connectivity index (χ1n) is 9.62. The van der Waals surface area contributed by atoms with Gasteiger partial charge < -0.3 is 19.5 Å². The van der Waals surface area contributed by atoms with E-state index in [1.54, 1.807) is 54.9 Å². The molecule has 0 radical (unpaired) electrons. The van der Waals surface area contributed by atoms with E-state index in [2.05, 4.69) is 10.3 Å². The van der Waals surface area contributed by atoms with Gasteiger partial charge in [-0.05, 0) is 53.6 Å². The molecular weight excluding hydrogens is 467 g/mol. The first-order valence-corrected chi connectivity index (χ1v) is 10.00. The number of pyridine rings is 1. The SMILES string of the molecule is COc1ccc(/C=C\C(=O)Nc2cccc(OCc3ccncc3)c2Cl)cc1OC(C)=O.Cl. The van der Waals surface area contributed by atoms with Crippen molar-refractivity contribution in [2.75, 3.05) is 12.4 Å². The number of benzene rings is 2. The van der Waals surface area contributed by atoms with E-state index in [1.807, 2.05) is 12.1 Å². The van der Waals surface area contributed by atoms with E-state index < -0.39 is 5.97 Å².